The van der Waals surface area contributed by atoms with Gasteiger partial charge in [0.2, 0.25) is 0 Å². The van der Waals surface area contributed by atoms with E-state index in [9.17, 15) is 0 Å². The van der Waals surface area contributed by atoms with Crippen molar-refractivity contribution in [2.45, 2.75) is 25.7 Å². The molecule has 0 aliphatic heterocycles. The van der Waals surface area contributed by atoms with Crippen molar-refractivity contribution >= 4 is 68.7 Å². The van der Waals surface area contributed by atoms with E-state index in [2.05, 4.69) is 189 Å². The summed E-state index contributed by atoms with van der Waals surface area (Å²) in [5, 5.41) is 5.22. The van der Waals surface area contributed by atoms with E-state index in [1.165, 1.54) is 77.2 Å². The molecule has 7 aromatic carbocycles. The number of hydrogen-bond acceptors (Lipinski definition) is 0. The molecule has 51 heavy (non-hydrogen) atoms. The van der Waals surface area contributed by atoms with E-state index in [1.54, 1.807) is 3.27 Å². The molecule has 0 saturated heterocycles. The van der Waals surface area contributed by atoms with Gasteiger partial charge in [0.1, 0.15) is 0 Å². The third-order valence-electron chi connectivity index (χ3n) is 11.9. The number of halogens is 2. The summed E-state index contributed by atoms with van der Waals surface area (Å²) in [7, 11) is 0. The third kappa shape index (κ3) is 5.33. The van der Waals surface area contributed by atoms with Gasteiger partial charge in [-0.3, -0.25) is 0 Å². The summed E-state index contributed by atoms with van der Waals surface area (Å²) in [6, 6.07) is 57.1. The smallest absolute Gasteiger partial charge is 0.147 e. The van der Waals surface area contributed by atoms with Gasteiger partial charge in [-0.05, 0) is 0 Å². The SMILES string of the molecule is CC1=Cc2c(-c3cccc4ccccc34)cccc2[CH]1[Zr]([CH3])(=[SiH2])([c]1ccccc1)[CH]1C(C)=Cc2c(-c3cccc4ccccc34)cccc21.Cl.Cl. The quantitative estimate of drug-likeness (QED) is 0.152. The first-order valence-corrected chi connectivity index (χ1v) is 30.0. The van der Waals surface area contributed by atoms with Gasteiger partial charge in [-0.2, -0.15) is 0 Å². The van der Waals surface area contributed by atoms with E-state index in [1.807, 2.05) is 0 Å². The second kappa shape index (κ2) is 13.3. The van der Waals surface area contributed by atoms with Crippen molar-refractivity contribution in [1.29, 1.82) is 0 Å². The summed E-state index contributed by atoms with van der Waals surface area (Å²) in [6.07, 6.45) is 5.10. The molecule has 0 radical (unpaired) electrons. The van der Waals surface area contributed by atoms with Crippen molar-refractivity contribution in [3.05, 3.63) is 185 Å². The largest absolute Gasteiger partial charge is 0.147 e. The molecule has 2 unspecified atom stereocenters. The zero-order chi connectivity index (χ0) is 33.4. The number of hydrogen-bond donors (Lipinski definition) is 0. The fraction of sp³-hybridized carbons (Fsp3) is 0.106. The predicted molar refractivity (Wildman–Crippen MR) is 227 cm³/mol. The summed E-state index contributed by atoms with van der Waals surface area (Å²) in [4.78, 5) is 0. The van der Waals surface area contributed by atoms with Crippen LogP contribution >= 0.6 is 24.8 Å². The van der Waals surface area contributed by atoms with Gasteiger partial charge in [-0.25, -0.2) is 0 Å². The van der Waals surface area contributed by atoms with Crippen molar-refractivity contribution in [1.82, 2.24) is 0 Å². The van der Waals surface area contributed by atoms with Crippen LogP contribution in [0.5, 0.6) is 0 Å². The van der Waals surface area contributed by atoms with Crippen molar-refractivity contribution in [2.75, 3.05) is 0 Å². The van der Waals surface area contributed by atoms with Gasteiger partial charge in [0.05, 0.1) is 0 Å². The molecular weight excluding hydrogens is 755 g/mol. The average Bonchev–Trinajstić information content (AvgIpc) is 3.68. The molecule has 0 bridgehead atoms. The average molecular weight is 797 g/mol. The summed E-state index contributed by atoms with van der Waals surface area (Å²) >= 11 is -4.19. The van der Waals surface area contributed by atoms with Crippen LogP contribution in [0.4, 0.5) is 0 Å². The van der Waals surface area contributed by atoms with Gasteiger partial charge in [0.25, 0.3) is 0 Å². The summed E-state index contributed by atoms with van der Waals surface area (Å²) in [6.45, 7) is 7.29. The zero-order valence-electron chi connectivity index (χ0n) is 29.3. The Morgan fingerprint density at radius 3 is 1.27 bits per heavy atom. The van der Waals surface area contributed by atoms with E-state index in [-0.39, 0.29) is 24.8 Å². The Kier molecular flexibility index (Phi) is 9.31. The fourth-order valence-corrected chi connectivity index (χ4v) is 35.3. The van der Waals surface area contributed by atoms with Crippen LogP contribution in [0.1, 0.15) is 43.4 Å². The Bertz CT molecular complexity index is 2450. The molecule has 0 spiro atoms. The number of fused-ring (bicyclic) bond motifs is 4. The molecule has 0 fully saturated rings. The molecule has 2 atom stereocenters. The van der Waals surface area contributed by atoms with Crippen molar-refractivity contribution < 1.29 is 17.4 Å². The molecule has 7 aromatic rings. The molecule has 9 rings (SSSR count). The Balaban J connectivity index is 0.00000203. The monoisotopic (exact) mass is 794 g/mol. The Hall–Kier alpha value is -3.78. The minimum Gasteiger partial charge on any atom is -0.147 e. The minimum atomic E-state index is -4.19. The molecule has 2 aliphatic rings. The summed E-state index contributed by atoms with van der Waals surface area (Å²) in [5.74, 6) is 0. The van der Waals surface area contributed by atoms with Crippen LogP contribution in [0.15, 0.2) is 163 Å². The molecule has 0 amide bonds. The van der Waals surface area contributed by atoms with Gasteiger partial charge in [0.15, 0.2) is 0 Å². The van der Waals surface area contributed by atoms with Gasteiger partial charge >= 0.3 is 294 Å². The van der Waals surface area contributed by atoms with Crippen LogP contribution in [0.25, 0.3) is 56.0 Å². The molecule has 0 saturated carbocycles. The second-order valence-electron chi connectivity index (χ2n) is 14.9. The van der Waals surface area contributed by atoms with Gasteiger partial charge in [0, 0.05) is 0 Å². The Morgan fingerprint density at radius 2 is 0.804 bits per heavy atom. The van der Waals surface area contributed by atoms with E-state index in [4.69, 9.17) is 0 Å². The van der Waals surface area contributed by atoms with Crippen LogP contribution in [0.2, 0.25) is 4.63 Å². The zero-order valence-corrected chi connectivity index (χ0v) is 34.8. The predicted octanol–water partition coefficient (Wildman–Crippen LogP) is 12.4. The number of rotatable bonds is 5. The van der Waals surface area contributed by atoms with Crippen molar-refractivity contribution in [3.8, 4) is 22.3 Å². The Labute approximate surface area is 316 Å². The maximum absolute atomic E-state index is 4.19. The topological polar surface area (TPSA) is 0 Å². The molecule has 0 N–H and O–H groups in total. The normalized spacial score (nSPS) is 16.5. The van der Waals surface area contributed by atoms with Crippen LogP contribution in [-0.4, -0.2) is 6.88 Å². The third-order valence-corrected chi connectivity index (χ3v) is 35.7. The fourth-order valence-electron chi connectivity index (χ4n) is 10.0. The molecule has 2 aliphatic carbocycles. The van der Waals surface area contributed by atoms with E-state index in [0.29, 0.717) is 7.25 Å². The molecule has 0 aromatic heterocycles. The van der Waals surface area contributed by atoms with E-state index >= 15 is 0 Å². The first-order valence-electron chi connectivity index (χ1n) is 17.5. The van der Waals surface area contributed by atoms with E-state index in [0.717, 1.165) is 0 Å². The van der Waals surface area contributed by atoms with E-state index < -0.39 is 17.4 Å². The Morgan fingerprint density at radius 1 is 0.431 bits per heavy atom. The number of allylic oxidation sites excluding steroid dienone is 2. The minimum absolute atomic E-state index is 0. The second-order valence-corrected chi connectivity index (χ2v) is 41.2. The van der Waals surface area contributed by atoms with Crippen LogP contribution in [0.3, 0.4) is 0 Å². The van der Waals surface area contributed by atoms with Gasteiger partial charge < -0.3 is 0 Å². The molecule has 0 nitrogen and oxygen atoms in total. The molecular formula is C47H42Cl2SiZr. The summed E-state index contributed by atoms with van der Waals surface area (Å²) < 4.78 is 5.13. The van der Waals surface area contributed by atoms with Crippen molar-refractivity contribution in [3.63, 3.8) is 0 Å². The van der Waals surface area contributed by atoms with Crippen LogP contribution in [-0.2, 0) is 17.4 Å². The first-order chi connectivity index (χ1) is 23.8. The maximum Gasteiger partial charge on any atom is -0.147 e. The number of benzene rings is 7. The summed E-state index contributed by atoms with van der Waals surface area (Å²) in [5.41, 5.74) is 14.2. The van der Waals surface area contributed by atoms with Gasteiger partial charge in [-0.1, -0.05) is 0 Å². The standard InChI is InChI=1S/2C20H15.C6H5.CH3.2ClH.H2Si.Zr/c2*1-14-12-16-8-5-11-19(20(16)13-14)18-10-4-7-15-6-2-3-9-17(15)18;1-2-4-6-5-3-1;;;;;/h2*2-13H,1H3;1-5H;1H3;2*1H;1H2;. The van der Waals surface area contributed by atoms with Crippen LogP contribution in [0, 0.1) is 0 Å². The molecule has 0 heterocycles. The van der Waals surface area contributed by atoms with Crippen molar-refractivity contribution in [2.24, 2.45) is 0 Å². The van der Waals surface area contributed by atoms with Gasteiger partial charge in [-0.15, -0.1) is 24.8 Å². The molecule has 4 heteroatoms. The first kappa shape index (κ1) is 35.6. The van der Waals surface area contributed by atoms with Crippen LogP contribution < -0.4 is 3.27 Å². The maximum atomic E-state index is 2.78. The molecule has 252 valence electrons.